The van der Waals surface area contributed by atoms with Crippen LogP contribution >= 0.6 is 0 Å². The summed E-state index contributed by atoms with van der Waals surface area (Å²) < 4.78 is 20.6. The summed E-state index contributed by atoms with van der Waals surface area (Å²) in [6.07, 6.45) is 0. The Morgan fingerprint density at radius 2 is 0.789 bits per heavy atom. The van der Waals surface area contributed by atoms with Gasteiger partial charge in [-0.15, -0.1) is 0 Å². The number of hydrogen-bond donors (Lipinski definition) is 0. The van der Waals surface area contributed by atoms with E-state index in [4.69, 9.17) is 9.47 Å². The first-order valence-corrected chi connectivity index (χ1v) is 11.3. The van der Waals surface area contributed by atoms with Crippen LogP contribution in [0.5, 0.6) is 23.0 Å². The van der Waals surface area contributed by atoms with E-state index < -0.39 is 23.9 Å². The number of ketones is 1. The maximum Gasteiger partial charge on any atom is 0.347 e. The van der Waals surface area contributed by atoms with Gasteiger partial charge < -0.3 is 18.9 Å². The number of fused-ring (bicyclic) bond motifs is 2. The first-order chi connectivity index (χ1) is 18.4. The van der Waals surface area contributed by atoms with Crippen molar-refractivity contribution in [1.29, 1.82) is 0 Å². The van der Waals surface area contributed by atoms with Crippen LogP contribution < -0.4 is 9.47 Å². The molecule has 0 amide bonds. The third-order valence-corrected chi connectivity index (χ3v) is 5.94. The van der Waals surface area contributed by atoms with E-state index in [1.54, 1.807) is 60.7 Å². The van der Waals surface area contributed by atoms with E-state index in [9.17, 15) is 24.0 Å². The Labute approximate surface area is 214 Å². The molecule has 0 spiro atoms. The molecule has 0 fully saturated rings. The van der Waals surface area contributed by atoms with Gasteiger partial charge in [0.05, 0.1) is 22.3 Å². The van der Waals surface area contributed by atoms with Gasteiger partial charge in [-0.1, -0.05) is 0 Å². The number of hydrogen-bond acceptors (Lipinski definition) is 9. The van der Waals surface area contributed by atoms with Crippen LogP contribution in [0.3, 0.4) is 0 Å². The molecular weight excluding hydrogens is 492 g/mol. The fourth-order valence-corrected chi connectivity index (χ4v) is 4.04. The van der Waals surface area contributed by atoms with E-state index in [0.29, 0.717) is 34.1 Å². The number of rotatable bonds is 6. The molecule has 9 heteroatoms. The molecule has 0 radical (unpaired) electrons. The maximum absolute atomic E-state index is 12.9. The van der Waals surface area contributed by atoms with Gasteiger partial charge in [0.1, 0.15) is 23.0 Å². The van der Waals surface area contributed by atoms with Crippen molar-refractivity contribution in [3.8, 4) is 23.0 Å². The lowest BCUT2D eigenvalue weighted by Gasteiger charge is -2.09. The molecule has 2 aliphatic rings. The minimum absolute atomic E-state index is 0.139. The lowest BCUT2D eigenvalue weighted by molar-refractivity contribution is 0.0425. The molecule has 2 heterocycles. The van der Waals surface area contributed by atoms with Crippen LogP contribution in [0.1, 0.15) is 57.4 Å². The van der Waals surface area contributed by atoms with Crippen molar-refractivity contribution in [3.05, 3.63) is 118 Å². The number of carbonyl (C=O) groups excluding carboxylic acids is 5. The molecule has 2 aliphatic heterocycles. The normalized spacial score (nSPS) is 13.5. The van der Waals surface area contributed by atoms with Gasteiger partial charge in [-0.2, -0.15) is 0 Å². The van der Waals surface area contributed by atoms with Crippen LogP contribution in [0, 0.1) is 0 Å². The van der Waals surface area contributed by atoms with E-state index in [2.05, 4.69) is 9.47 Å². The van der Waals surface area contributed by atoms with Crippen molar-refractivity contribution in [1.82, 2.24) is 0 Å². The van der Waals surface area contributed by atoms with Crippen molar-refractivity contribution >= 4 is 29.7 Å². The summed E-state index contributed by atoms with van der Waals surface area (Å²) in [5.41, 5.74) is 1.51. The van der Waals surface area contributed by atoms with Crippen molar-refractivity contribution < 1.29 is 42.9 Å². The Morgan fingerprint density at radius 1 is 0.447 bits per heavy atom. The maximum atomic E-state index is 12.9. The fraction of sp³-hybridized carbons (Fsp3) is 0. The van der Waals surface area contributed by atoms with Crippen LogP contribution in [0.25, 0.3) is 0 Å². The molecule has 6 rings (SSSR count). The first-order valence-electron chi connectivity index (χ1n) is 11.3. The molecule has 0 bridgehead atoms. The van der Waals surface area contributed by atoms with Crippen LogP contribution in [-0.4, -0.2) is 29.7 Å². The summed E-state index contributed by atoms with van der Waals surface area (Å²) >= 11 is 0. The van der Waals surface area contributed by atoms with Gasteiger partial charge in [0.15, 0.2) is 5.78 Å². The highest BCUT2D eigenvalue weighted by atomic mass is 16.6. The van der Waals surface area contributed by atoms with Gasteiger partial charge in [0, 0.05) is 11.1 Å². The average Bonchev–Trinajstić information content (AvgIpc) is 3.37. The highest BCUT2D eigenvalue weighted by Gasteiger charge is 2.31. The molecule has 0 saturated carbocycles. The van der Waals surface area contributed by atoms with E-state index in [0.717, 1.165) is 0 Å². The molecule has 0 aromatic heterocycles. The van der Waals surface area contributed by atoms with Gasteiger partial charge >= 0.3 is 23.9 Å². The first kappa shape index (κ1) is 22.9. The fourth-order valence-electron chi connectivity index (χ4n) is 4.04. The van der Waals surface area contributed by atoms with Crippen LogP contribution in [-0.2, 0) is 9.47 Å². The van der Waals surface area contributed by atoms with Gasteiger partial charge in [-0.05, 0) is 84.9 Å². The van der Waals surface area contributed by atoms with Crippen molar-refractivity contribution in [2.75, 3.05) is 0 Å². The van der Waals surface area contributed by atoms with E-state index in [-0.39, 0.29) is 28.0 Å². The monoisotopic (exact) mass is 506 g/mol. The lowest BCUT2D eigenvalue weighted by Crippen LogP contribution is -2.01. The molecule has 0 unspecified atom stereocenters. The predicted molar refractivity (Wildman–Crippen MR) is 129 cm³/mol. The summed E-state index contributed by atoms with van der Waals surface area (Å²) in [4.78, 5) is 59.6. The van der Waals surface area contributed by atoms with Gasteiger partial charge in [0.2, 0.25) is 0 Å². The molecule has 9 nitrogen and oxygen atoms in total. The average molecular weight is 506 g/mol. The Bertz CT molecular complexity index is 1560. The molecule has 0 N–H and O–H groups in total. The van der Waals surface area contributed by atoms with Crippen molar-refractivity contribution in [3.63, 3.8) is 0 Å². The molecule has 4 aromatic carbocycles. The largest absolute Gasteiger partial charge is 0.457 e. The zero-order chi connectivity index (χ0) is 26.4. The minimum Gasteiger partial charge on any atom is -0.457 e. The second kappa shape index (κ2) is 8.82. The third-order valence-electron chi connectivity index (χ3n) is 5.94. The van der Waals surface area contributed by atoms with Gasteiger partial charge in [-0.25, -0.2) is 19.2 Å². The smallest absolute Gasteiger partial charge is 0.347 e. The zero-order valence-corrected chi connectivity index (χ0v) is 19.3. The van der Waals surface area contributed by atoms with Crippen LogP contribution in [0.4, 0.5) is 0 Å². The molecular formula is C29H14O9. The Kier molecular flexibility index (Phi) is 5.31. The van der Waals surface area contributed by atoms with E-state index in [1.165, 1.54) is 24.3 Å². The van der Waals surface area contributed by atoms with Crippen LogP contribution in [0.2, 0.25) is 0 Å². The molecule has 0 aliphatic carbocycles. The molecule has 38 heavy (non-hydrogen) atoms. The van der Waals surface area contributed by atoms with Crippen molar-refractivity contribution in [2.45, 2.75) is 0 Å². The van der Waals surface area contributed by atoms with E-state index >= 15 is 0 Å². The third kappa shape index (κ3) is 4.07. The van der Waals surface area contributed by atoms with E-state index in [1.807, 2.05) is 0 Å². The number of cyclic esters (lactones) is 4. The Balaban J connectivity index is 1.12. The van der Waals surface area contributed by atoms with Crippen LogP contribution in [0.15, 0.2) is 84.9 Å². The van der Waals surface area contributed by atoms with Gasteiger partial charge in [-0.3, -0.25) is 4.79 Å². The standard InChI is InChI=1S/C29H14O9/c30-25(15-1-5-17(6-2-15)35-19-9-11-21-23(13-19)28(33)37-26(21)31)16-3-7-18(8-4-16)36-20-10-12-22-24(14-20)29(34)38-27(22)32/h1-14H. The quantitative estimate of drug-likeness (QED) is 0.199. The Morgan fingerprint density at radius 3 is 1.18 bits per heavy atom. The van der Waals surface area contributed by atoms with Gasteiger partial charge in [0.25, 0.3) is 0 Å². The Hall–Kier alpha value is -5.57. The number of esters is 4. The topological polar surface area (TPSA) is 122 Å². The van der Waals surface area contributed by atoms with Crippen molar-refractivity contribution in [2.24, 2.45) is 0 Å². The minimum atomic E-state index is -0.721. The second-order valence-corrected chi connectivity index (χ2v) is 8.35. The number of ether oxygens (including phenoxy) is 4. The summed E-state index contributed by atoms with van der Waals surface area (Å²) in [6, 6.07) is 21.8. The molecule has 0 atom stereocenters. The summed E-state index contributed by atoms with van der Waals surface area (Å²) in [5, 5.41) is 0. The number of carbonyl (C=O) groups is 5. The predicted octanol–water partition coefficient (Wildman–Crippen LogP) is 5.12. The lowest BCUT2D eigenvalue weighted by atomic mass is 10.0. The SMILES string of the molecule is O=C(c1ccc(Oc2ccc3c(c2)C(=O)OC3=O)cc1)c1ccc(Oc2ccc3c(c2)C(=O)OC3=O)cc1. The second-order valence-electron chi connectivity index (χ2n) is 8.35. The number of benzene rings is 4. The summed E-state index contributed by atoms with van der Waals surface area (Å²) in [7, 11) is 0. The highest BCUT2D eigenvalue weighted by molar-refractivity contribution is 6.15. The molecule has 4 aromatic rings. The molecule has 184 valence electrons. The summed E-state index contributed by atoms with van der Waals surface area (Å²) in [6.45, 7) is 0. The molecule has 0 saturated heterocycles. The highest BCUT2D eigenvalue weighted by Crippen LogP contribution is 2.30. The summed E-state index contributed by atoms with van der Waals surface area (Å²) in [5.74, 6) is -1.49. The zero-order valence-electron chi connectivity index (χ0n) is 19.3.